The molecule has 0 aliphatic carbocycles. The topological polar surface area (TPSA) is 26.0 Å². The second-order valence-corrected chi connectivity index (χ2v) is 4.13. The van der Waals surface area contributed by atoms with Gasteiger partial charge in [0, 0.05) is 4.47 Å². The molecule has 0 amide bonds. The fourth-order valence-electron chi connectivity index (χ4n) is 1.05. The average Bonchev–Trinajstić information content (AvgIpc) is 2.13. The van der Waals surface area contributed by atoms with Crippen molar-refractivity contribution in [3.8, 4) is 0 Å². The van der Waals surface area contributed by atoms with E-state index in [0.29, 0.717) is 16.6 Å². The molecule has 0 bridgehead atoms. The van der Waals surface area contributed by atoms with Gasteiger partial charge in [-0.3, -0.25) is 0 Å². The van der Waals surface area contributed by atoms with Crippen molar-refractivity contribution in [2.45, 2.75) is 12.8 Å². The predicted molar refractivity (Wildman–Crippen MR) is 56.6 cm³/mol. The normalized spacial score (nSPS) is 13.0. The minimum Gasteiger partial charge on any atom is -0.330 e. The van der Waals surface area contributed by atoms with Crippen molar-refractivity contribution in [3.05, 3.63) is 33.0 Å². The molecular weight excluding hydrogens is 256 g/mol. The number of halogens is 3. The molecule has 0 aliphatic heterocycles. The third-order valence-electron chi connectivity index (χ3n) is 1.95. The SMILES string of the molecule is CC(CN)c1ccc(Br)c(Cl)c1F. The largest absolute Gasteiger partial charge is 0.330 e. The molecule has 1 aromatic rings. The summed E-state index contributed by atoms with van der Waals surface area (Å²) in [5, 5.41) is 0.123. The van der Waals surface area contributed by atoms with Crippen LogP contribution in [0.4, 0.5) is 4.39 Å². The molecule has 0 radical (unpaired) electrons. The minimum absolute atomic E-state index is 0.00870. The van der Waals surface area contributed by atoms with Crippen LogP contribution in [-0.2, 0) is 0 Å². The summed E-state index contributed by atoms with van der Waals surface area (Å²) in [6.45, 7) is 2.28. The quantitative estimate of drug-likeness (QED) is 0.817. The number of hydrogen-bond acceptors (Lipinski definition) is 1. The molecule has 13 heavy (non-hydrogen) atoms. The number of hydrogen-bond donors (Lipinski definition) is 1. The average molecular weight is 267 g/mol. The number of nitrogens with two attached hydrogens (primary N) is 1. The first kappa shape index (κ1) is 11.0. The number of benzene rings is 1. The molecule has 1 atom stereocenters. The highest BCUT2D eigenvalue weighted by Crippen LogP contribution is 2.30. The van der Waals surface area contributed by atoms with Gasteiger partial charge in [-0.1, -0.05) is 24.6 Å². The van der Waals surface area contributed by atoms with E-state index in [1.165, 1.54) is 0 Å². The van der Waals surface area contributed by atoms with Gasteiger partial charge >= 0.3 is 0 Å². The molecule has 1 nitrogen and oxygen atoms in total. The van der Waals surface area contributed by atoms with Gasteiger partial charge in [0.25, 0.3) is 0 Å². The van der Waals surface area contributed by atoms with E-state index in [2.05, 4.69) is 15.9 Å². The van der Waals surface area contributed by atoms with Gasteiger partial charge in [0.05, 0.1) is 5.02 Å². The molecule has 4 heteroatoms. The van der Waals surface area contributed by atoms with E-state index < -0.39 is 0 Å². The summed E-state index contributed by atoms with van der Waals surface area (Å²) >= 11 is 8.87. The Morgan fingerprint density at radius 1 is 1.62 bits per heavy atom. The number of rotatable bonds is 2. The second-order valence-electron chi connectivity index (χ2n) is 2.90. The van der Waals surface area contributed by atoms with Crippen molar-refractivity contribution in [2.24, 2.45) is 5.73 Å². The maximum Gasteiger partial charge on any atom is 0.146 e. The Hall–Kier alpha value is -0.120. The van der Waals surface area contributed by atoms with Crippen LogP contribution in [-0.4, -0.2) is 6.54 Å². The Kier molecular flexibility index (Phi) is 3.71. The Morgan fingerprint density at radius 2 is 2.23 bits per heavy atom. The first-order valence-corrected chi connectivity index (χ1v) is 5.08. The second kappa shape index (κ2) is 4.40. The van der Waals surface area contributed by atoms with Crippen LogP contribution < -0.4 is 5.73 Å². The molecule has 0 saturated heterocycles. The molecule has 2 N–H and O–H groups in total. The minimum atomic E-state index is -0.381. The van der Waals surface area contributed by atoms with Crippen LogP contribution in [0.1, 0.15) is 18.4 Å². The van der Waals surface area contributed by atoms with Gasteiger partial charge < -0.3 is 5.73 Å². The Balaban J connectivity index is 3.18. The van der Waals surface area contributed by atoms with Crippen molar-refractivity contribution in [3.63, 3.8) is 0 Å². The van der Waals surface area contributed by atoms with E-state index in [9.17, 15) is 4.39 Å². The fraction of sp³-hybridized carbons (Fsp3) is 0.333. The standard InChI is InChI=1S/C9H10BrClFN/c1-5(4-13)6-2-3-7(10)8(11)9(6)12/h2-3,5H,4,13H2,1H3. The summed E-state index contributed by atoms with van der Waals surface area (Å²) in [4.78, 5) is 0. The van der Waals surface area contributed by atoms with Gasteiger partial charge in [-0.05, 0) is 40.0 Å². The van der Waals surface area contributed by atoms with Gasteiger partial charge in [0.1, 0.15) is 5.82 Å². The van der Waals surface area contributed by atoms with Crippen molar-refractivity contribution in [2.75, 3.05) is 6.54 Å². The highest BCUT2D eigenvalue weighted by molar-refractivity contribution is 9.10. The lowest BCUT2D eigenvalue weighted by Crippen LogP contribution is -2.10. The monoisotopic (exact) mass is 265 g/mol. The van der Waals surface area contributed by atoms with E-state index >= 15 is 0 Å². The Morgan fingerprint density at radius 3 is 2.77 bits per heavy atom. The summed E-state index contributed by atoms with van der Waals surface area (Å²) in [6.07, 6.45) is 0. The van der Waals surface area contributed by atoms with Crippen molar-refractivity contribution < 1.29 is 4.39 Å². The summed E-state index contributed by atoms with van der Waals surface area (Å²) < 4.78 is 14.1. The summed E-state index contributed by atoms with van der Waals surface area (Å²) in [5.74, 6) is -0.389. The van der Waals surface area contributed by atoms with Gasteiger partial charge in [0.15, 0.2) is 0 Å². The van der Waals surface area contributed by atoms with Crippen LogP contribution in [0.2, 0.25) is 5.02 Å². The molecule has 1 aromatic carbocycles. The van der Waals surface area contributed by atoms with Crippen LogP contribution in [0.3, 0.4) is 0 Å². The van der Waals surface area contributed by atoms with Crippen LogP contribution in [0.15, 0.2) is 16.6 Å². The smallest absolute Gasteiger partial charge is 0.146 e. The third-order valence-corrected chi connectivity index (χ3v) is 3.21. The molecule has 1 rings (SSSR count). The first-order chi connectivity index (χ1) is 6.07. The predicted octanol–water partition coefficient (Wildman–Crippen LogP) is 3.30. The molecule has 0 heterocycles. The molecule has 72 valence electrons. The van der Waals surface area contributed by atoms with E-state index in [1.807, 2.05) is 6.92 Å². The fourth-order valence-corrected chi connectivity index (χ4v) is 1.53. The zero-order chi connectivity index (χ0) is 10.0. The van der Waals surface area contributed by atoms with Gasteiger partial charge in [-0.2, -0.15) is 0 Å². The zero-order valence-electron chi connectivity index (χ0n) is 7.15. The lowest BCUT2D eigenvalue weighted by Gasteiger charge is -2.11. The lowest BCUT2D eigenvalue weighted by molar-refractivity contribution is 0.590. The summed E-state index contributed by atoms with van der Waals surface area (Å²) in [6, 6.07) is 3.43. The maximum atomic E-state index is 13.5. The zero-order valence-corrected chi connectivity index (χ0v) is 9.49. The van der Waals surface area contributed by atoms with Gasteiger partial charge in [0.2, 0.25) is 0 Å². The van der Waals surface area contributed by atoms with Gasteiger partial charge in [-0.15, -0.1) is 0 Å². The van der Waals surface area contributed by atoms with E-state index in [-0.39, 0.29) is 16.8 Å². The van der Waals surface area contributed by atoms with E-state index in [1.54, 1.807) is 12.1 Å². The molecule has 1 unspecified atom stereocenters. The van der Waals surface area contributed by atoms with Crippen LogP contribution in [0.25, 0.3) is 0 Å². The molecule has 0 spiro atoms. The molecular formula is C9H10BrClFN. The third kappa shape index (κ3) is 2.22. The molecule has 0 fully saturated rings. The summed E-state index contributed by atoms with van der Waals surface area (Å²) in [5.41, 5.74) is 6.01. The highest BCUT2D eigenvalue weighted by Gasteiger charge is 2.14. The highest BCUT2D eigenvalue weighted by atomic mass is 79.9. The van der Waals surface area contributed by atoms with Crippen LogP contribution in [0.5, 0.6) is 0 Å². The van der Waals surface area contributed by atoms with Crippen molar-refractivity contribution in [1.29, 1.82) is 0 Å². The molecule has 0 aliphatic rings. The maximum absolute atomic E-state index is 13.5. The first-order valence-electron chi connectivity index (χ1n) is 3.91. The molecule has 0 saturated carbocycles. The summed E-state index contributed by atoms with van der Waals surface area (Å²) in [7, 11) is 0. The Labute approximate surface area is 90.2 Å². The lowest BCUT2D eigenvalue weighted by atomic mass is 10.0. The van der Waals surface area contributed by atoms with Crippen LogP contribution in [0, 0.1) is 5.82 Å². The van der Waals surface area contributed by atoms with Crippen molar-refractivity contribution >= 4 is 27.5 Å². The van der Waals surface area contributed by atoms with Crippen molar-refractivity contribution in [1.82, 2.24) is 0 Å². The van der Waals surface area contributed by atoms with Gasteiger partial charge in [-0.25, -0.2) is 4.39 Å². The van der Waals surface area contributed by atoms with Crippen LogP contribution >= 0.6 is 27.5 Å². The Bertz CT molecular complexity index is 317. The van der Waals surface area contributed by atoms with E-state index in [4.69, 9.17) is 17.3 Å². The molecule has 0 aromatic heterocycles. The van der Waals surface area contributed by atoms with E-state index in [0.717, 1.165) is 0 Å².